The van der Waals surface area contributed by atoms with Crippen LogP contribution in [0.5, 0.6) is 5.75 Å². The van der Waals surface area contributed by atoms with Crippen molar-refractivity contribution < 1.29 is 9.26 Å². The first-order valence-electron chi connectivity index (χ1n) is 9.79. The van der Waals surface area contributed by atoms with Crippen molar-refractivity contribution in [2.75, 3.05) is 20.2 Å². The highest BCUT2D eigenvalue weighted by atomic mass is 16.5. The van der Waals surface area contributed by atoms with Crippen LogP contribution in [0.2, 0.25) is 0 Å². The van der Waals surface area contributed by atoms with Crippen molar-refractivity contribution in [2.24, 2.45) is 0 Å². The van der Waals surface area contributed by atoms with E-state index in [1.54, 1.807) is 7.11 Å². The summed E-state index contributed by atoms with van der Waals surface area (Å²) in [6.45, 7) is 2.59. The quantitative estimate of drug-likeness (QED) is 0.518. The molecule has 0 N–H and O–H groups in total. The van der Waals surface area contributed by atoms with Crippen molar-refractivity contribution in [1.82, 2.24) is 29.6 Å². The lowest BCUT2D eigenvalue weighted by Crippen LogP contribution is -2.33. The molecule has 0 spiro atoms. The number of nitrogens with zero attached hydrogens (tertiary/aromatic N) is 6. The maximum atomic E-state index is 5.47. The number of pyridine rings is 1. The van der Waals surface area contributed by atoms with E-state index >= 15 is 0 Å². The number of benzene rings is 1. The summed E-state index contributed by atoms with van der Waals surface area (Å²) in [5.41, 5.74) is 1.82. The molecular formula is C21H22N6O2. The van der Waals surface area contributed by atoms with Crippen LogP contribution in [0.25, 0.3) is 17.0 Å². The molecule has 1 fully saturated rings. The number of methoxy groups -OCH3 is 1. The summed E-state index contributed by atoms with van der Waals surface area (Å²) < 4.78 is 12.8. The average Bonchev–Trinajstić information content (AvgIpc) is 3.42. The van der Waals surface area contributed by atoms with Gasteiger partial charge in [-0.05, 0) is 62.3 Å². The van der Waals surface area contributed by atoms with E-state index in [1.165, 1.54) is 0 Å². The average molecular weight is 390 g/mol. The zero-order valence-electron chi connectivity index (χ0n) is 16.2. The molecule has 5 rings (SSSR count). The minimum absolute atomic E-state index is 0.418. The molecule has 0 saturated carbocycles. The van der Waals surface area contributed by atoms with Gasteiger partial charge in [-0.3, -0.25) is 9.30 Å². The summed E-state index contributed by atoms with van der Waals surface area (Å²) in [5, 5.41) is 12.8. The number of likely N-dealkylation sites (tertiary alicyclic amines) is 1. The Morgan fingerprint density at radius 3 is 2.69 bits per heavy atom. The minimum Gasteiger partial charge on any atom is -0.497 e. The standard InChI is InChI=1S/C21H22N6O2/c1-28-17-7-5-15(6-8-17)20-22-19(29-25-20)14-26-12-9-16(10-13-26)21-24-23-18-4-2-3-11-27(18)21/h2-8,11,16H,9-10,12-14H2,1H3. The lowest BCUT2D eigenvalue weighted by molar-refractivity contribution is 0.178. The van der Waals surface area contributed by atoms with Crippen LogP contribution in [0.4, 0.5) is 0 Å². The van der Waals surface area contributed by atoms with Crippen LogP contribution in [0, 0.1) is 0 Å². The summed E-state index contributed by atoms with van der Waals surface area (Å²) in [7, 11) is 1.65. The molecule has 0 unspecified atom stereocenters. The molecule has 148 valence electrons. The summed E-state index contributed by atoms with van der Waals surface area (Å²) in [6, 6.07) is 13.6. The largest absolute Gasteiger partial charge is 0.497 e. The molecule has 0 radical (unpaired) electrons. The molecule has 1 aliphatic heterocycles. The second-order valence-electron chi connectivity index (χ2n) is 7.28. The molecule has 8 heteroatoms. The summed E-state index contributed by atoms with van der Waals surface area (Å²) >= 11 is 0. The van der Waals surface area contributed by atoms with Crippen molar-refractivity contribution in [3.63, 3.8) is 0 Å². The normalized spacial score (nSPS) is 15.8. The number of aromatic nitrogens is 5. The molecule has 1 saturated heterocycles. The van der Waals surface area contributed by atoms with E-state index in [9.17, 15) is 0 Å². The van der Waals surface area contributed by atoms with Crippen molar-refractivity contribution in [2.45, 2.75) is 25.3 Å². The highest BCUT2D eigenvalue weighted by molar-refractivity contribution is 5.55. The predicted octanol–water partition coefficient (Wildman–Crippen LogP) is 3.17. The van der Waals surface area contributed by atoms with Gasteiger partial charge >= 0.3 is 0 Å². The van der Waals surface area contributed by atoms with E-state index in [0.717, 1.165) is 48.7 Å². The number of hydrogen-bond donors (Lipinski definition) is 0. The maximum Gasteiger partial charge on any atom is 0.241 e. The number of piperidine rings is 1. The number of fused-ring (bicyclic) bond motifs is 1. The molecular weight excluding hydrogens is 368 g/mol. The molecule has 0 bridgehead atoms. The SMILES string of the molecule is COc1ccc(-c2noc(CN3CCC(c4nnc5ccccn45)CC3)n2)cc1. The molecule has 8 nitrogen and oxygen atoms in total. The van der Waals surface area contributed by atoms with Crippen LogP contribution in [0.3, 0.4) is 0 Å². The smallest absolute Gasteiger partial charge is 0.241 e. The first-order chi connectivity index (χ1) is 14.3. The van der Waals surface area contributed by atoms with Gasteiger partial charge in [0.25, 0.3) is 0 Å². The fraction of sp³-hybridized carbons (Fsp3) is 0.333. The van der Waals surface area contributed by atoms with Gasteiger partial charge in [-0.25, -0.2) is 0 Å². The lowest BCUT2D eigenvalue weighted by atomic mass is 9.96. The molecule has 0 aliphatic carbocycles. The Balaban J connectivity index is 1.21. The highest BCUT2D eigenvalue weighted by Crippen LogP contribution is 2.28. The summed E-state index contributed by atoms with van der Waals surface area (Å²) in [6.07, 6.45) is 4.11. The Labute approximate surface area is 168 Å². The van der Waals surface area contributed by atoms with Gasteiger partial charge in [0.15, 0.2) is 5.65 Å². The van der Waals surface area contributed by atoms with Gasteiger partial charge < -0.3 is 9.26 Å². The van der Waals surface area contributed by atoms with Gasteiger partial charge in [-0.15, -0.1) is 10.2 Å². The van der Waals surface area contributed by atoms with E-state index in [-0.39, 0.29) is 0 Å². The molecule has 4 heterocycles. The van der Waals surface area contributed by atoms with Gasteiger partial charge in [-0.2, -0.15) is 4.98 Å². The third-order valence-electron chi connectivity index (χ3n) is 5.47. The number of ether oxygens (including phenoxy) is 1. The van der Waals surface area contributed by atoms with Gasteiger partial charge in [0.1, 0.15) is 11.6 Å². The zero-order valence-corrected chi connectivity index (χ0v) is 16.2. The summed E-state index contributed by atoms with van der Waals surface area (Å²) in [5.74, 6) is 3.52. The Hall–Kier alpha value is -3.26. The fourth-order valence-corrected chi connectivity index (χ4v) is 3.86. The van der Waals surface area contributed by atoms with Crippen LogP contribution in [0.15, 0.2) is 53.2 Å². The Kier molecular flexibility index (Phi) is 4.69. The van der Waals surface area contributed by atoms with Gasteiger partial charge in [0, 0.05) is 17.7 Å². The Bertz CT molecular complexity index is 1100. The van der Waals surface area contributed by atoms with Crippen LogP contribution < -0.4 is 4.74 Å². The van der Waals surface area contributed by atoms with Crippen LogP contribution in [0.1, 0.15) is 30.5 Å². The van der Waals surface area contributed by atoms with Crippen LogP contribution in [-0.4, -0.2) is 49.8 Å². The van der Waals surface area contributed by atoms with Crippen molar-refractivity contribution >= 4 is 5.65 Å². The zero-order chi connectivity index (χ0) is 19.6. The first kappa shape index (κ1) is 17.8. The van der Waals surface area contributed by atoms with E-state index in [4.69, 9.17) is 9.26 Å². The number of hydrogen-bond acceptors (Lipinski definition) is 7. The van der Waals surface area contributed by atoms with Crippen LogP contribution >= 0.6 is 0 Å². The first-order valence-corrected chi connectivity index (χ1v) is 9.79. The topological polar surface area (TPSA) is 81.6 Å². The Morgan fingerprint density at radius 1 is 1.07 bits per heavy atom. The van der Waals surface area contributed by atoms with Gasteiger partial charge in [0.05, 0.1) is 13.7 Å². The van der Waals surface area contributed by atoms with Crippen LogP contribution in [-0.2, 0) is 6.54 Å². The molecule has 1 aromatic carbocycles. The van der Waals surface area contributed by atoms with E-state index < -0.39 is 0 Å². The van der Waals surface area contributed by atoms with Crippen molar-refractivity contribution in [3.8, 4) is 17.1 Å². The predicted molar refractivity (Wildman–Crippen MR) is 107 cm³/mol. The highest BCUT2D eigenvalue weighted by Gasteiger charge is 2.25. The second-order valence-corrected chi connectivity index (χ2v) is 7.28. The number of rotatable bonds is 5. The van der Waals surface area contributed by atoms with E-state index in [2.05, 4.69) is 29.6 Å². The molecule has 0 amide bonds. The summed E-state index contributed by atoms with van der Waals surface area (Å²) in [4.78, 5) is 6.91. The third kappa shape index (κ3) is 3.58. The maximum absolute atomic E-state index is 5.47. The molecule has 1 aliphatic rings. The van der Waals surface area contributed by atoms with E-state index in [0.29, 0.717) is 24.2 Å². The third-order valence-corrected chi connectivity index (χ3v) is 5.47. The van der Waals surface area contributed by atoms with Gasteiger partial charge in [0.2, 0.25) is 11.7 Å². The molecule has 29 heavy (non-hydrogen) atoms. The van der Waals surface area contributed by atoms with Crippen molar-refractivity contribution in [1.29, 1.82) is 0 Å². The van der Waals surface area contributed by atoms with Gasteiger partial charge in [-0.1, -0.05) is 11.2 Å². The molecule has 3 aromatic heterocycles. The monoisotopic (exact) mass is 390 g/mol. The Morgan fingerprint density at radius 2 is 1.90 bits per heavy atom. The fourth-order valence-electron chi connectivity index (χ4n) is 3.86. The lowest BCUT2D eigenvalue weighted by Gasteiger charge is -2.29. The minimum atomic E-state index is 0.418. The van der Waals surface area contributed by atoms with Crippen molar-refractivity contribution in [3.05, 3.63) is 60.4 Å². The molecule has 4 aromatic rings. The molecule has 0 atom stereocenters. The van der Waals surface area contributed by atoms with E-state index in [1.807, 2.05) is 48.7 Å². The second kappa shape index (κ2) is 7.63.